The van der Waals surface area contributed by atoms with Crippen molar-refractivity contribution < 1.29 is 28.2 Å². The Morgan fingerprint density at radius 3 is 2.59 bits per heavy atom. The fraction of sp³-hybridized carbons (Fsp3) is 0.333. The number of halogens is 4. The average Bonchev–Trinajstić information content (AvgIpc) is 3.91. The molecule has 0 radical (unpaired) electrons. The number of aliphatic imine (C=N–C) groups is 1. The zero-order valence-electron chi connectivity index (χ0n) is 31.4. The molecular formula is C39H38BrCl2FN10O5. The lowest BCUT2D eigenvalue weighted by molar-refractivity contribution is -0.160. The molecule has 2 aliphatic heterocycles. The van der Waals surface area contributed by atoms with Crippen LogP contribution < -0.4 is 15.8 Å². The molecule has 0 spiro atoms. The molecule has 3 N–H and O–H groups in total. The number of esters is 1. The number of hydrogen-bond donors (Lipinski definition) is 2. The van der Waals surface area contributed by atoms with Crippen molar-refractivity contribution in [2.45, 2.75) is 57.8 Å². The third-order valence-corrected chi connectivity index (χ3v) is 11.4. The molecule has 1 saturated heterocycles. The maximum atomic E-state index is 14.2. The molecule has 19 heteroatoms. The van der Waals surface area contributed by atoms with Gasteiger partial charge in [0.2, 0.25) is 11.9 Å². The number of rotatable bonds is 11. The van der Waals surface area contributed by atoms with E-state index in [0.717, 1.165) is 5.56 Å². The number of carbonyl (C=O) groups is 3. The highest BCUT2D eigenvalue weighted by Crippen LogP contribution is 2.37. The number of piperidine rings is 1. The van der Waals surface area contributed by atoms with Gasteiger partial charge in [-0.1, -0.05) is 23.2 Å². The molecule has 1 fully saturated rings. The van der Waals surface area contributed by atoms with Gasteiger partial charge >= 0.3 is 5.97 Å². The fourth-order valence-electron chi connectivity index (χ4n) is 6.83. The number of carbonyl (C=O) groups excluding carboxylic acids is 3. The van der Waals surface area contributed by atoms with Crippen LogP contribution in [-0.2, 0) is 19.1 Å². The summed E-state index contributed by atoms with van der Waals surface area (Å²) in [6.07, 6.45) is 7.62. The monoisotopic (exact) mass is 894 g/mol. The zero-order valence-corrected chi connectivity index (χ0v) is 34.5. The summed E-state index contributed by atoms with van der Waals surface area (Å²) in [6.45, 7) is 4.88. The molecule has 2 aliphatic rings. The number of nitrogen functional groups attached to an aromatic ring is 1. The lowest BCUT2D eigenvalue weighted by Crippen LogP contribution is -2.44. The average molecular weight is 897 g/mol. The Morgan fingerprint density at radius 1 is 1.02 bits per heavy atom. The van der Waals surface area contributed by atoms with E-state index >= 15 is 0 Å². The van der Waals surface area contributed by atoms with Crippen LogP contribution in [0.5, 0.6) is 5.75 Å². The normalized spacial score (nSPS) is 15.6. The van der Waals surface area contributed by atoms with E-state index in [4.69, 9.17) is 38.4 Å². The van der Waals surface area contributed by atoms with Crippen molar-refractivity contribution in [2.24, 2.45) is 4.99 Å². The number of nitrogens with two attached hydrogens (primary N) is 1. The van der Waals surface area contributed by atoms with E-state index in [-0.39, 0.29) is 52.3 Å². The lowest BCUT2D eigenvalue weighted by Gasteiger charge is -2.33. The first-order valence-corrected chi connectivity index (χ1v) is 20.0. The van der Waals surface area contributed by atoms with E-state index < -0.39 is 24.0 Å². The van der Waals surface area contributed by atoms with Crippen LogP contribution >= 0.6 is 39.1 Å². The van der Waals surface area contributed by atoms with Crippen LogP contribution in [0.4, 0.5) is 15.9 Å². The first kappa shape index (κ1) is 40.8. The van der Waals surface area contributed by atoms with Crippen LogP contribution in [0.15, 0.2) is 70.8 Å². The predicted molar refractivity (Wildman–Crippen MR) is 220 cm³/mol. The number of likely N-dealkylation sites (tertiary alicyclic amines) is 1. The third-order valence-electron chi connectivity index (χ3n) is 9.92. The second-order valence-electron chi connectivity index (χ2n) is 13.7. The van der Waals surface area contributed by atoms with E-state index in [1.54, 1.807) is 42.7 Å². The van der Waals surface area contributed by atoms with Crippen LogP contribution in [-0.4, -0.2) is 90.6 Å². The number of nitrogens with one attached hydrogen (secondary N) is 1. The Bertz CT molecular complexity index is 2410. The summed E-state index contributed by atoms with van der Waals surface area (Å²) < 4.78 is 28.2. The Balaban J connectivity index is 0.876. The summed E-state index contributed by atoms with van der Waals surface area (Å²) in [5, 5.41) is 7.89. The number of pyridine rings is 1. The minimum absolute atomic E-state index is 0.0148. The van der Waals surface area contributed by atoms with E-state index in [9.17, 15) is 18.8 Å². The van der Waals surface area contributed by atoms with Gasteiger partial charge in [-0.3, -0.25) is 38.9 Å². The van der Waals surface area contributed by atoms with Crippen LogP contribution in [0.1, 0.15) is 57.2 Å². The SMILES string of the molecule is CC(OC(=O)CCC(=O)N1CCN=C1Nc1ccc2nccnc2c1Br)C(=O)N1CCC(n2cc(-c3cnc(N)c(O[C@H](C)c4c(Cl)ccc(F)c4Cl)c3)cn2)CC1. The molecule has 58 heavy (non-hydrogen) atoms. The van der Waals surface area contributed by atoms with Crippen molar-refractivity contribution in [2.75, 3.05) is 37.2 Å². The van der Waals surface area contributed by atoms with E-state index in [2.05, 4.69) is 46.3 Å². The smallest absolute Gasteiger partial charge is 0.307 e. The standard InChI is InChI=1S/C39H38BrCl2FN10O5/c1-21(33-26(41)3-4-27(43)35(33)42)57-30-17-23(18-48-37(30)44)24-19-49-53(20-24)25-9-14-51(15-10-25)38(56)22(2)58-32(55)8-7-31(54)52-16-13-47-39(52)50-28-5-6-29-36(34(28)40)46-12-11-45-29/h3-6,11-12,17-22,25H,7-10,13-16H2,1-2H3,(H2,44,48)(H,47,50)/t21-,22?/m1/s1. The summed E-state index contributed by atoms with van der Waals surface area (Å²) in [4.78, 5) is 59.7. The van der Waals surface area contributed by atoms with Gasteiger partial charge in [-0.2, -0.15) is 5.10 Å². The van der Waals surface area contributed by atoms with Crippen molar-refractivity contribution in [1.29, 1.82) is 0 Å². The maximum Gasteiger partial charge on any atom is 0.307 e. The third kappa shape index (κ3) is 8.85. The van der Waals surface area contributed by atoms with Gasteiger partial charge in [0.05, 0.1) is 45.9 Å². The van der Waals surface area contributed by atoms with Crippen LogP contribution in [0.2, 0.25) is 10.0 Å². The topological polar surface area (TPSA) is 183 Å². The van der Waals surface area contributed by atoms with Gasteiger partial charge in [-0.05, 0) is 73.0 Å². The number of guanidine groups is 1. The molecule has 3 aromatic heterocycles. The molecule has 0 saturated carbocycles. The summed E-state index contributed by atoms with van der Waals surface area (Å²) in [7, 11) is 0. The van der Waals surface area contributed by atoms with Gasteiger partial charge < -0.3 is 25.4 Å². The van der Waals surface area contributed by atoms with Gasteiger partial charge in [0.25, 0.3) is 5.91 Å². The molecule has 5 aromatic rings. The van der Waals surface area contributed by atoms with E-state index in [1.807, 2.05) is 23.0 Å². The predicted octanol–water partition coefficient (Wildman–Crippen LogP) is 7.00. The molecule has 302 valence electrons. The Morgan fingerprint density at radius 2 is 1.79 bits per heavy atom. The van der Waals surface area contributed by atoms with Crippen LogP contribution in [0.3, 0.4) is 0 Å². The molecule has 15 nitrogen and oxygen atoms in total. The second-order valence-corrected chi connectivity index (χ2v) is 15.3. The highest BCUT2D eigenvalue weighted by Gasteiger charge is 2.30. The first-order chi connectivity index (χ1) is 27.9. The van der Waals surface area contributed by atoms with Gasteiger partial charge in [0, 0.05) is 72.6 Å². The molecule has 0 aliphatic carbocycles. The van der Waals surface area contributed by atoms with Crippen LogP contribution in [0, 0.1) is 5.82 Å². The second kappa shape index (κ2) is 17.6. The highest BCUT2D eigenvalue weighted by atomic mass is 79.9. The number of fused-ring (bicyclic) bond motifs is 1. The minimum Gasteiger partial charge on any atom is -0.482 e. The molecule has 1 unspecified atom stereocenters. The first-order valence-electron chi connectivity index (χ1n) is 18.5. The Labute approximate surface area is 350 Å². The number of ether oxygens (including phenoxy) is 2. The van der Waals surface area contributed by atoms with E-state index in [0.29, 0.717) is 77.3 Å². The summed E-state index contributed by atoms with van der Waals surface area (Å²) >= 11 is 16.0. The highest BCUT2D eigenvalue weighted by molar-refractivity contribution is 9.10. The number of aromatic nitrogens is 5. The number of benzene rings is 2. The Hall–Kier alpha value is -5.39. The van der Waals surface area contributed by atoms with Crippen molar-refractivity contribution >= 4 is 85.4 Å². The quantitative estimate of drug-likeness (QED) is 0.103. The summed E-state index contributed by atoms with van der Waals surface area (Å²) in [5.41, 5.74) is 9.92. The largest absolute Gasteiger partial charge is 0.482 e. The summed E-state index contributed by atoms with van der Waals surface area (Å²) in [5.74, 6) is -1.08. The maximum absolute atomic E-state index is 14.2. The fourth-order valence-corrected chi connectivity index (χ4v) is 8.05. The summed E-state index contributed by atoms with van der Waals surface area (Å²) in [6, 6.07) is 7.97. The molecule has 5 heterocycles. The molecule has 0 bridgehead atoms. The number of nitrogens with zero attached hydrogens (tertiary/aromatic N) is 8. The van der Waals surface area contributed by atoms with Crippen molar-refractivity contribution in [3.63, 3.8) is 0 Å². The number of anilines is 2. The van der Waals surface area contributed by atoms with E-state index in [1.165, 1.54) is 24.0 Å². The molecule has 7 rings (SSSR count). The van der Waals surface area contributed by atoms with Gasteiger partial charge in [0.1, 0.15) is 17.4 Å². The Kier molecular flexibility index (Phi) is 12.4. The molecular weight excluding hydrogens is 858 g/mol. The number of hydrogen-bond acceptors (Lipinski definition) is 12. The molecule has 2 amide bonds. The van der Waals surface area contributed by atoms with Crippen molar-refractivity contribution in [1.82, 2.24) is 34.5 Å². The molecule has 2 atom stereocenters. The van der Waals surface area contributed by atoms with Gasteiger partial charge in [0.15, 0.2) is 17.7 Å². The van der Waals surface area contributed by atoms with Crippen molar-refractivity contribution in [3.8, 4) is 16.9 Å². The van der Waals surface area contributed by atoms with Crippen LogP contribution in [0.25, 0.3) is 22.2 Å². The molecule has 2 aromatic carbocycles. The number of amides is 2. The zero-order chi connectivity index (χ0) is 41.1. The van der Waals surface area contributed by atoms with Gasteiger partial charge in [-0.15, -0.1) is 0 Å². The van der Waals surface area contributed by atoms with Crippen molar-refractivity contribution in [3.05, 3.63) is 87.2 Å². The minimum atomic E-state index is -1.01. The lowest BCUT2D eigenvalue weighted by atomic mass is 10.0. The van der Waals surface area contributed by atoms with Gasteiger partial charge in [-0.25, -0.2) is 9.37 Å².